The van der Waals surface area contributed by atoms with Crippen molar-refractivity contribution in [1.82, 2.24) is 0 Å². The van der Waals surface area contributed by atoms with E-state index in [-0.39, 0.29) is 24.8 Å². The zero-order valence-electron chi connectivity index (χ0n) is 24.9. The van der Waals surface area contributed by atoms with Crippen LogP contribution in [0, 0.1) is 13.8 Å². The molecule has 0 bridgehead atoms. The van der Waals surface area contributed by atoms with Crippen molar-refractivity contribution in [2.75, 3.05) is 0 Å². The number of allylic oxidation sites excluding steroid dienone is 2. The summed E-state index contributed by atoms with van der Waals surface area (Å²) >= 11 is -1.29. The Morgan fingerprint density at radius 1 is 0.489 bits per heavy atom. The molecule has 0 fully saturated rings. The molecule has 2 nitrogen and oxygen atoms in total. The molecule has 2 aliphatic rings. The summed E-state index contributed by atoms with van der Waals surface area (Å²) in [7, 11) is 0. The smallest absolute Gasteiger partial charge is 1.00 e. The predicted octanol–water partition coefficient (Wildman–Crippen LogP) is 4.80. The molecule has 0 radical (unpaired) electrons. The maximum atomic E-state index is 6.12. The Morgan fingerprint density at radius 3 is 1.29 bits per heavy atom. The van der Waals surface area contributed by atoms with Crippen molar-refractivity contribution in [3.63, 3.8) is 0 Å². The number of fused-ring (bicyclic) bond motifs is 2. The van der Waals surface area contributed by atoms with Crippen LogP contribution in [0.25, 0.3) is 45.6 Å². The zero-order chi connectivity index (χ0) is 28.9. The van der Waals surface area contributed by atoms with E-state index in [2.05, 4.69) is 123 Å². The average molecular weight is 705 g/mol. The number of furan rings is 2. The van der Waals surface area contributed by atoms with Gasteiger partial charge < -0.3 is 24.8 Å². The van der Waals surface area contributed by atoms with Crippen LogP contribution < -0.4 is 24.8 Å². The molecule has 0 amide bonds. The molecule has 0 saturated heterocycles. The van der Waals surface area contributed by atoms with E-state index in [1.807, 2.05) is 24.7 Å². The fourth-order valence-electron chi connectivity index (χ4n) is 6.92. The minimum Gasteiger partial charge on any atom is -1.00 e. The minimum absolute atomic E-state index is 0. The monoisotopic (exact) mass is 702 g/mol. The first kappa shape index (κ1) is 31.4. The van der Waals surface area contributed by atoms with E-state index in [0.717, 1.165) is 11.5 Å². The molecule has 0 aliphatic heterocycles. The molecule has 8 rings (SSSR count). The van der Waals surface area contributed by atoms with E-state index >= 15 is 0 Å². The molecule has 2 unspecified atom stereocenters. The normalized spacial score (nSPS) is 16.0. The molecule has 45 heavy (non-hydrogen) atoms. The van der Waals surface area contributed by atoms with Gasteiger partial charge in [-0.25, -0.2) is 0 Å². The van der Waals surface area contributed by atoms with Gasteiger partial charge in [-0.2, -0.15) is 0 Å². The molecule has 0 N–H and O–H groups in total. The summed E-state index contributed by atoms with van der Waals surface area (Å²) in [6.07, 6.45) is 8.46. The Morgan fingerprint density at radius 2 is 0.911 bits per heavy atom. The number of hydrogen-bond donors (Lipinski definition) is 0. The van der Waals surface area contributed by atoms with Crippen molar-refractivity contribution in [2.45, 2.75) is 21.1 Å². The van der Waals surface area contributed by atoms with Gasteiger partial charge in [-0.15, -0.1) is 0 Å². The molecule has 0 saturated carbocycles. The second kappa shape index (κ2) is 13.0. The molecule has 2 aromatic heterocycles. The summed E-state index contributed by atoms with van der Waals surface area (Å²) in [4.78, 5) is 0. The third-order valence-corrected chi connectivity index (χ3v) is 13.5. The van der Waals surface area contributed by atoms with Crippen LogP contribution in [0.5, 0.6) is 0 Å². The van der Waals surface area contributed by atoms with Crippen LogP contribution in [0.1, 0.15) is 52.2 Å². The molecular weight excluding hydrogens is 675 g/mol. The van der Waals surface area contributed by atoms with Gasteiger partial charge in [0.15, 0.2) is 0 Å². The number of benzene rings is 4. The van der Waals surface area contributed by atoms with Crippen LogP contribution in [0.2, 0.25) is 0 Å². The third kappa shape index (κ3) is 5.46. The Balaban J connectivity index is 0.00000179. The fourth-order valence-corrected chi connectivity index (χ4v) is 12.4. The Kier molecular flexibility index (Phi) is 9.07. The predicted molar refractivity (Wildman–Crippen MR) is 172 cm³/mol. The Hall–Kier alpha value is -3.62. The molecule has 2 heterocycles. The Labute approximate surface area is 288 Å². The SMILES string of the molecule is Cc1ccc(-c2ccccc2)c2c1[CH]([Zr+2][CH]1C(c3ccco3)=Cc3c(-c4ccccc4)ccc(C)c31)C(c1ccco1)=C2.[Cl-].[Cl-]. The van der Waals surface area contributed by atoms with Gasteiger partial charge in [0.1, 0.15) is 0 Å². The van der Waals surface area contributed by atoms with Gasteiger partial charge >= 0.3 is 265 Å². The van der Waals surface area contributed by atoms with Gasteiger partial charge in [0, 0.05) is 0 Å². The summed E-state index contributed by atoms with van der Waals surface area (Å²) in [5.74, 6) is 1.97. The first-order valence-corrected chi connectivity index (χ1v) is 17.7. The van der Waals surface area contributed by atoms with Gasteiger partial charge in [0.2, 0.25) is 0 Å². The quantitative estimate of drug-likeness (QED) is 0.249. The first-order valence-electron chi connectivity index (χ1n) is 14.8. The summed E-state index contributed by atoms with van der Waals surface area (Å²) in [5, 5.41) is 0. The van der Waals surface area contributed by atoms with Crippen molar-refractivity contribution in [3.05, 3.63) is 167 Å². The Bertz CT molecular complexity index is 1860. The standard InChI is InChI=1S/2C20H15O.2ClH.Zr/c2*1-14-9-10-17(15-6-3-2-4-7-15)19-13-16(12-18(14)19)20-8-5-11-21-20;;;/h2*2-13H,1H3;2*1H;/q;;;;+2/p-2. The maximum absolute atomic E-state index is 6.12. The van der Waals surface area contributed by atoms with Gasteiger partial charge in [-0.05, 0) is 0 Å². The van der Waals surface area contributed by atoms with E-state index in [4.69, 9.17) is 8.83 Å². The molecule has 5 heteroatoms. The molecule has 2 aliphatic carbocycles. The third-order valence-electron chi connectivity index (χ3n) is 8.92. The van der Waals surface area contributed by atoms with Crippen LogP contribution in [0.15, 0.2) is 131 Å². The minimum atomic E-state index is -1.29. The molecule has 220 valence electrons. The van der Waals surface area contributed by atoms with Crippen LogP contribution in [-0.4, -0.2) is 0 Å². The first-order chi connectivity index (χ1) is 21.2. The van der Waals surface area contributed by atoms with Gasteiger partial charge in [-0.3, -0.25) is 0 Å². The number of aryl methyl sites for hydroxylation is 2. The fraction of sp³-hybridized carbons (Fsp3) is 0.100. The second-order valence-electron chi connectivity index (χ2n) is 11.4. The van der Waals surface area contributed by atoms with Crippen LogP contribution in [0.4, 0.5) is 0 Å². The summed E-state index contributed by atoms with van der Waals surface area (Å²) in [6, 6.07) is 39.1. The maximum Gasteiger partial charge on any atom is -1.00 e. The van der Waals surface area contributed by atoms with Crippen molar-refractivity contribution in [1.29, 1.82) is 0 Å². The van der Waals surface area contributed by atoms with Crippen molar-refractivity contribution in [3.8, 4) is 22.3 Å². The van der Waals surface area contributed by atoms with Crippen LogP contribution in [-0.2, 0) is 23.2 Å². The van der Waals surface area contributed by atoms with Crippen molar-refractivity contribution < 1.29 is 56.9 Å². The van der Waals surface area contributed by atoms with Crippen molar-refractivity contribution >= 4 is 23.3 Å². The number of hydrogen-bond acceptors (Lipinski definition) is 2. The van der Waals surface area contributed by atoms with Crippen LogP contribution >= 0.6 is 0 Å². The summed E-state index contributed by atoms with van der Waals surface area (Å²) in [5.41, 5.74) is 16.1. The number of halogens is 2. The molecule has 0 spiro atoms. The van der Waals surface area contributed by atoms with E-state index < -0.39 is 23.2 Å². The number of rotatable bonds is 6. The van der Waals surface area contributed by atoms with E-state index in [1.165, 1.54) is 66.8 Å². The summed E-state index contributed by atoms with van der Waals surface area (Å²) in [6.45, 7) is 4.56. The van der Waals surface area contributed by atoms with Gasteiger partial charge in [-0.1, -0.05) is 0 Å². The van der Waals surface area contributed by atoms with E-state index in [1.54, 1.807) is 0 Å². The van der Waals surface area contributed by atoms with Crippen LogP contribution in [0.3, 0.4) is 0 Å². The summed E-state index contributed by atoms with van der Waals surface area (Å²) < 4.78 is 12.9. The molecule has 6 aromatic rings. The van der Waals surface area contributed by atoms with Gasteiger partial charge in [0.05, 0.1) is 0 Å². The topological polar surface area (TPSA) is 26.3 Å². The van der Waals surface area contributed by atoms with Crippen molar-refractivity contribution in [2.24, 2.45) is 0 Å². The van der Waals surface area contributed by atoms with E-state index in [0.29, 0.717) is 7.25 Å². The van der Waals surface area contributed by atoms with Gasteiger partial charge in [0.25, 0.3) is 0 Å². The second-order valence-corrected chi connectivity index (χ2v) is 15.1. The molecule has 4 aromatic carbocycles. The average Bonchev–Trinajstić information content (AvgIpc) is 3.86. The van der Waals surface area contributed by atoms with E-state index in [9.17, 15) is 0 Å². The molecular formula is C40H30Cl2O2Zr. The zero-order valence-corrected chi connectivity index (χ0v) is 28.9. The molecule has 2 atom stereocenters. The largest absolute Gasteiger partial charge is 1.00 e.